The average molecular weight is 489 g/mol. The summed E-state index contributed by atoms with van der Waals surface area (Å²) in [5, 5.41) is 0. The van der Waals surface area contributed by atoms with Crippen molar-refractivity contribution in [3.05, 3.63) is 0 Å². The van der Waals surface area contributed by atoms with Gasteiger partial charge in [-0.1, -0.05) is 53.9 Å². The molecule has 0 N–H and O–H groups in total. The quantitative estimate of drug-likeness (QED) is 0.347. The monoisotopic (exact) mass is 488 g/mol. The zero-order valence-electron chi connectivity index (χ0n) is 23.6. The van der Waals surface area contributed by atoms with E-state index >= 15 is 0 Å². The van der Waals surface area contributed by atoms with Crippen LogP contribution in [0.25, 0.3) is 0 Å². The van der Waals surface area contributed by atoms with E-state index in [4.69, 9.17) is 9.47 Å². The van der Waals surface area contributed by atoms with Crippen molar-refractivity contribution in [2.75, 3.05) is 0 Å². The molecule has 4 aliphatic rings. The molecule has 10 atom stereocenters. The van der Waals surface area contributed by atoms with Crippen LogP contribution in [0.3, 0.4) is 0 Å². The molecule has 0 aromatic rings. The van der Waals surface area contributed by atoms with Gasteiger partial charge in [0.2, 0.25) is 0 Å². The van der Waals surface area contributed by atoms with Crippen LogP contribution in [0.15, 0.2) is 0 Å². The SMILES string of the molecule is CC(=O)O[C@@H]1CC[C@@H]2[C@@H]3CC[C@@]4(C)[C@H](CC[C@H]4[C@H](C)CCCC(C)C)[C@@H]3C[C@H](OC(C)=O)[C@]2(C)C1. The van der Waals surface area contributed by atoms with Gasteiger partial charge in [0.1, 0.15) is 12.2 Å². The Bertz CT molecular complexity index is 776. The zero-order chi connectivity index (χ0) is 25.5. The van der Waals surface area contributed by atoms with Gasteiger partial charge in [0, 0.05) is 19.3 Å². The van der Waals surface area contributed by atoms with Gasteiger partial charge in [-0.05, 0) is 98.2 Å². The van der Waals surface area contributed by atoms with Crippen LogP contribution in [0.2, 0.25) is 0 Å². The number of fused-ring (bicyclic) bond motifs is 5. The lowest BCUT2D eigenvalue weighted by Gasteiger charge is -2.62. The van der Waals surface area contributed by atoms with Gasteiger partial charge >= 0.3 is 11.9 Å². The second-order valence-corrected chi connectivity index (χ2v) is 13.9. The number of carbonyl (C=O) groups excluding carboxylic acids is 2. The Labute approximate surface area is 214 Å². The number of ether oxygens (including phenoxy) is 2. The minimum atomic E-state index is -0.192. The Balaban J connectivity index is 1.54. The molecule has 4 saturated carbocycles. The lowest BCUT2D eigenvalue weighted by Crippen LogP contribution is -2.59. The Morgan fingerprint density at radius 2 is 1.49 bits per heavy atom. The van der Waals surface area contributed by atoms with Crippen molar-refractivity contribution in [2.45, 2.75) is 131 Å². The standard InChI is InChI=1S/C31H52O4/c1-19(2)9-8-10-20(3)26-13-14-28-25-17-29(35-22(5)33)31(7)18-23(34-21(4)32)11-12-27(31)24(25)15-16-30(26,28)6/h19-20,23-29H,8-18H2,1-7H3/t20-,23-,24-,25-,26+,27-,28-,29+,30-,31-/m1/s1. The first-order valence-electron chi connectivity index (χ1n) is 14.8. The van der Waals surface area contributed by atoms with Crippen LogP contribution in [0.4, 0.5) is 0 Å². The molecule has 4 rings (SSSR count). The summed E-state index contributed by atoms with van der Waals surface area (Å²) in [7, 11) is 0. The van der Waals surface area contributed by atoms with Crippen LogP contribution >= 0.6 is 0 Å². The highest BCUT2D eigenvalue weighted by atomic mass is 16.5. The molecule has 0 aliphatic heterocycles. The van der Waals surface area contributed by atoms with E-state index in [2.05, 4.69) is 34.6 Å². The van der Waals surface area contributed by atoms with E-state index < -0.39 is 0 Å². The Kier molecular flexibility index (Phi) is 7.99. The summed E-state index contributed by atoms with van der Waals surface area (Å²) in [5.41, 5.74) is 0.336. The zero-order valence-corrected chi connectivity index (χ0v) is 23.6. The lowest BCUT2D eigenvalue weighted by atomic mass is 9.45. The number of rotatable bonds is 7. The Morgan fingerprint density at radius 1 is 0.829 bits per heavy atom. The van der Waals surface area contributed by atoms with Crippen molar-refractivity contribution in [1.29, 1.82) is 0 Å². The normalized spacial score (nSPS) is 43.6. The van der Waals surface area contributed by atoms with Crippen molar-refractivity contribution >= 4 is 11.9 Å². The summed E-state index contributed by atoms with van der Waals surface area (Å²) in [6.07, 6.45) is 13.2. The van der Waals surface area contributed by atoms with Gasteiger partial charge in [-0.3, -0.25) is 9.59 Å². The molecule has 4 heteroatoms. The second kappa shape index (κ2) is 10.4. The van der Waals surface area contributed by atoms with Crippen LogP contribution in [-0.2, 0) is 19.1 Å². The van der Waals surface area contributed by atoms with E-state index in [-0.39, 0.29) is 29.6 Å². The summed E-state index contributed by atoms with van der Waals surface area (Å²) in [5.74, 6) is 4.78. The molecule has 0 unspecified atom stereocenters. The highest BCUT2D eigenvalue weighted by Gasteiger charge is 2.63. The predicted molar refractivity (Wildman–Crippen MR) is 140 cm³/mol. The number of esters is 2. The minimum Gasteiger partial charge on any atom is -0.463 e. The molecule has 4 aliphatic carbocycles. The van der Waals surface area contributed by atoms with Crippen LogP contribution in [-0.4, -0.2) is 24.1 Å². The van der Waals surface area contributed by atoms with Crippen molar-refractivity contribution in [3.8, 4) is 0 Å². The van der Waals surface area contributed by atoms with Gasteiger partial charge in [-0.2, -0.15) is 0 Å². The third-order valence-electron chi connectivity index (χ3n) is 11.4. The fraction of sp³-hybridized carbons (Fsp3) is 0.935. The predicted octanol–water partition coefficient (Wildman–Crippen LogP) is 7.58. The molecule has 0 bridgehead atoms. The molecule has 4 nitrogen and oxygen atoms in total. The van der Waals surface area contributed by atoms with Gasteiger partial charge in [0.15, 0.2) is 0 Å². The summed E-state index contributed by atoms with van der Waals surface area (Å²) >= 11 is 0. The third-order valence-corrected chi connectivity index (χ3v) is 11.4. The van der Waals surface area contributed by atoms with Crippen LogP contribution < -0.4 is 0 Å². The summed E-state index contributed by atoms with van der Waals surface area (Å²) in [6.45, 7) is 15.2. The summed E-state index contributed by atoms with van der Waals surface area (Å²) in [4.78, 5) is 23.9. The first-order valence-corrected chi connectivity index (χ1v) is 14.8. The van der Waals surface area contributed by atoms with E-state index in [1.54, 1.807) is 6.92 Å². The van der Waals surface area contributed by atoms with Crippen LogP contribution in [0, 0.1) is 52.3 Å². The molecule has 0 aromatic carbocycles. The van der Waals surface area contributed by atoms with E-state index in [1.807, 2.05) is 0 Å². The molecule has 0 aromatic heterocycles. The van der Waals surface area contributed by atoms with E-state index in [0.29, 0.717) is 17.3 Å². The number of hydrogen-bond donors (Lipinski definition) is 0. The molecule has 0 saturated heterocycles. The van der Waals surface area contributed by atoms with E-state index in [0.717, 1.165) is 55.3 Å². The highest BCUT2D eigenvalue weighted by Crippen LogP contribution is 2.68. The van der Waals surface area contributed by atoms with Gasteiger partial charge in [0.25, 0.3) is 0 Å². The van der Waals surface area contributed by atoms with Gasteiger partial charge in [0.05, 0.1) is 0 Å². The molecular weight excluding hydrogens is 436 g/mol. The first kappa shape index (κ1) is 27.0. The van der Waals surface area contributed by atoms with Crippen molar-refractivity contribution in [1.82, 2.24) is 0 Å². The molecule has 200 valence electrons. The second-order valence-electron chi connectivity index (χ2n) is 13.9. The van der Waals surface area contributed by atoms with Crippen molar-refractivity contribution < 1.29 is 19.1 Å². The Morgan fingerprint density at radius 3 is 2.14 bits per heavy atom. The molecule has 0 radical (unpaired) electrons. The topological polar surface area (TPSA) is 52.6 Å². The van der Waals surface area contributed by atoms with Gasteiger partial charge < -0.3 is 9.47 Å². The largest absolute Gasteiger partial charge is 0.463 e. The van der Waals surface area contributed by atoms with Crippen LogP contribution in [0.5, 0.6) is 0 Å². The van der Waals surface area contributed by atoms with E-state index in [9.17, 15) is 9.59 Å². The lowest BCUT2D eigenvalue weighted by molar-refractivity contribution is -0.200. The van der Waals surface area contributed by atoms with E-state index in [1.165, 1.54) is 51.9 Å². The Hall–Kier alpha value is -1.06. The summed E-state index contributed by atoms with van der Waals surface area (Å²) < 4.78 is 11.8. The maximum absolute atomic E-state index is 12.2. The van der Waals surface area contributed by atoms with Crippen molar-refractivity contribution in [2.24, 2.45) is 52.3 Å². The third kappa shape index (κ3) is 5.19. The molecule has 0 spiro atoms. The molecule has 35 heavy (non-hydrogen) atoms. The van der Waals surface area contributed by atoms with Crippen LogP contribution in [0.1, 0.15) is 119 Å². The van der Waals surface area contributed by atoms with Gasteiger partial charge in [-0.15, -0.1) is 0 Å². The number of hydrogen-bond acceptors (Lipinski definition) is 4. The molecule has 4 fully saturated rings. The molecule has 0 amide bonds. The van der Waals surface area contributed by atoms with Gasteiger partial charge in [-0.25, -0.2) is 0 Å². The smallest absolute Gasteiger partial charge is 0.302 e. The maximum atomic E-state index is 12.2. The highest BCUT2D eigenvalue weighted by molar-refractivity contribution is 5.66. The summed E-state index contributed by atoms with van der Waals surface area (Å²) in [6, 6.07) is 0. The number of carbonyl (C=O) groups is 2. The fourth-order valence-corrected chi connectivity index (χ4v) is 9.93. The maximum Gasteiger partial charge on any atom is 0.302 e. The minimum absolute atomic E-state index is 0.0419. The van der Waals surface area contributed by atoms with Crippen molar-refractivity contribution in [3.63, 3.8) is 0 Å². The average Bonchev–Trinajstić information content (AvgIpc) is 3.10. The molecule has 0 heterocycles. The fourth-order valence-electron chi connectivity index (χ4n) is 9.93. The first-order chi connectivity index (χ1) is 16.5. The molecular formula is C31H52O4.